The van der Waals surface area contributed by atoms with Crippen LogP contribution in [0.1, 0.15) is 39.7 Å². The summed E-state index contributed by atoms with van der Waals surface area (Å²) in [7, 11) is 0. The Morgan fingerprint density at radius 3 is 2.57 bits per heavy atom. The maximum absolute atomic E-state index is 13.4. The molecule has 0 aliphatic carbocycles. The molecule has 2 unspecified atom stereocenters. The number of ether oxygens (including phenoxy) is 1. The Kier molecular flexibility index (Phi) is 8.23. The smallest absolute Gasteiger partial charge is 0.123 e. The highest BCUT2D eigenvalue weighted by Crippen LogP contribution is 2.22. The molecule has 4 heteroatoms. The highest BCUT2D eigenvalue weighted by Gasteiger charge is 2.25. The molecule has 1 aromatic rings. The Labute approximate surface area is 133 Å². The van der Waals surface area contributed by atoms with Crippen LogP contribution in [0.3, 0.4) is 0 Å². The largest absolute Gasteiger partial charge is 0.377 e. The van der Waals surface area contributed by atoms with Crippen molar-refractivity contribution in [1.29, 1.82) is 0 Å². The van der Waals surface area contributed by atoms with E-state index in [1.54, 1.807) is 6.07 Å². The molecule has 1 N–H and O–H groups in total. The minimum absolute atomic E-state index is 0.0842. The summed E-state index contributed by atoms with van der Waals surface area (Å²) in [6.07, 6.45) is 1.80. The summed E-state index contributed by atoms with van der Waals surface area (Å²) in [5.74, 6) is 0.132. The van der Waals surface area contributed by atoms with Crippen molar-refractivity contribution in [3.8, 4) is 0 Å². The maximum atomic E-state index is 13.4. The Hall–Kier alpha value is -0.640. The zero-order valence-corrected chi connectivity index (χ0v) is 14.2. The van der Waals surface area contributed by atoms with Gasteiger partial charge in [-0.3, -0.25) is 0 Å². The van der Waals surface area contributed by atoms with Gasteiger partial charge in [0.25, 0.3) is 0 Å². The fraction of sp³-hybridized carbons (Fsp3) is 0.647. The average molecular weight is 316 g/mol. The van der Waals surface area contributed by atoms with Crippen molar-refractivity contribution in [2.75, 3.05) is 13.2 Å². The van der Waals surface area contributed by atoms with Crippen LogP contribution >= 0.6 is 11.6 Å². The number of rotatable bonds is 9. The van der Waals surface area contributed by atoms with Gasteiger partial charge in [-0.15, -0.1) is 0 Å². The molecule has 0 saturated heterocycles. The van der Waals surface area contributed by atoms with E-state index in [1.165, 1.54) is 12.1 Å². The molecule has 0 amide bonds. The molecule has 2 atom stereocenters. The zero-order chi connectivity index (χ0) is 15.8. The molecule has 0 heterocycles. The summed E-state index contributed by atoms with van der Waals surface area (Å²) in [6, 6.07) is 4.66. The van der Waals surface area contributed by atoms with E-state index in [9.17, 15) is 4.39 Å². The molecule has 0 bridgehead atoms. The minimum atomic E-state index is -0.249. The minimum Gasteiger partial charge on any atom is -0.377 e. The third kappa shape index (κ3) is 5.93. The molecule has 120 valence electrons. The monoisotopic (exact) mass is 315 g/mol. The van der Waals surface area contributed by atoms with Crippen molar-refractivity contribution in [3.05, 3.63) is 34.6 Å². The van der Waals surface area contributed by atoms with Gasteiger partial charge in [-0.1, -0.05) is 32.4 Å². The lowest BCUT2D eigenvalue weighted by Crippen LogP contribution is -2.46. The standard InChI is InChI=1S/C17H27ClFNO/c1-5-9-20-16(17(12(3)4)21-6-2)11-13-10-14(19)7-8-15(13)18/h7-8,10,12,16-17,20H,5-6,9,11H2,1-4H3. The predicted octanol–water partition coefficient (Wildman–Crippen LogP) is 4.45. The van der Waals surface area contributed by atoms with Gasteiger partial charge in [0.2, 0.25) is 0 Å². The van der Waals surface area contributed by atoms with Crippen LogP contribution in [-0.4, -0.2) is 25.3 Å². The molecule has 1 aromatic carbocycles. The zero-order valence-electron chi connectivity index (χ0n) is 13.5. The van der Waals surface area contributed by atoms with Crippen LogP contribution in [-0.2, 0) is 11.2 Å². The molecule has 0 radical (unpaired) electrons. The van der Waals surface area contributed by atoms with Gasteiger partial charge in [-0.2, -0.15) is 0 Å². The fourth-order valence-electron chi connectivity index (χ4n) is 2.54. The molecule has 21 heavy (non-hydrogen) atoms. The molecule has 0 aliphatic heterocycles. The molecule has 0 spiro atoms. The Balaban J connectivity index is 2.92. The topological polar surface area (TPSA) is 21.3 Å². The van der Waals surface area contributed by atoms with Gasteiger partial charge in [-0.25, -0.2) is 4.39 Å². The first kappa shape index (κ1) is 18.4. The lowest BCUT2D eigenvalue weighted by atomic mass is 9.93. The summed E-state index contributed by atoms with van der Waals surface area (Å²) in [4.78, 5) is 0. The predicted molar refractivity (Wildman–Crippen MR) is 87.4 cm³/mol. The highest BCUT2D eigenvalue weighted by molar-refractivity contribution is 6.31. The first-order chi connectivity index (χ1) is 9.99. The van der Waals surface area contributed by atoms with E-state index in [0.717, 1.165) is 18.5 Å². The van der Waals surface area contributed by atoms with E-state index in [-0.39, 0.29) is 18.0 Å². The summed E-state index contributed by atoms with van der Waals surface area (Å²) in [5.41, 5.74) is 0.829. The van der Waals surface area contributed by atoms with E-state index in [4.69, 9.17) is 16.3 Å². The van der Waals surface area contributed by atoms with Crippen LogP contribution < -0.4 is 5.32 Å². The van der Waals surface area contributed by atoms with Crippen LogP contribution in [0.4, 0.5) is 4.39 Å². The molecule has 0 aromatic heterocycles. The van der Waals surface area contributed by atoms with E-state index in [0.29, 0.717) is 24.0 Å². The first-order valence-corrected chi connectivity index (χ1v) is 8.16. The second kappa shape index (κ2) is 9.39. The van der Waals surface area contributed by atoms with Crippen LogP contribution in [0.2, 0.25) is 5.02 Å². The third-order valence-corrected chi connectivity index (χ3v) is 3.89. The van der Waals surface area contributed by atoms with Gasteiger partial charge in [0.05, 0.1) is 6.10 Å². The van der Waals surface area contributed by atoms with Crippen molar-refractivity contribution >= 4 is 11.6 Å². The summed E-state index contributed by atoms with van der Waals surface area (Å²) in [6.45, 7) is 10.0. The fourth-order valence-corrected chi connectivity index (χ4v) is 2.73. The number of halogens is 2. The van der Waals surface area contributed by atoms with Crippen LogP contribution in [0.5, 0.6) is 0 Å². The Bertz CT molecular complexity index is 425. The van der Waals surface area contributed by atoms with Crippen LogP contribution in [0.15, 0.2) is 18.2 Å². The third-order valence-electron chi connectivity index (χ3n) is 3.52. The Morgan fingerprint density at radius 2 is 2.00 bits per heavy atom. The van der Waals surface area contributed by atoms with Crippen molar-refractivity contribution < 1.29 is 9.13 Å². The van der Waals surface area contributed by atoms with Gasteiger partial charge in [0.15, 0.2) is 0 Å². The highest BCUT2D eigenvalue weighted by atomic mass is 35.5. The molecule has 2 nitrogen and oxygen atoms in total. The van der Waals surface area contributed by atoms with E-state index in [1.807, 2.05) is 6.92 Å². The summed E-state index contributed by atoms with van der Waals surface area (Å²) >= 11 is 6.20. The quantitative estimate of drug-likeness (QED) is 0.727. The molecule has 0 saturated carbocycles. The SMILES string of the molecule is CCCNC(Cc1cc(F)ccc1Cl)C(OCC)C(C)C. The van der Waals surface area contributed by atoms with Gasteiger partial charge in [-0.05, 0) is 56.0 Å². The first-order valence-electron chi connectivity index (χ1n) is 7.78. The van der Waals surface area contributed by atoms with Crippen molar-refractivity contribution in [3.63, 3.8) is 0 Å². The van der Waals surface area contributed by atoms with Gasteiger partial charge >= 0.3 is 0 Å². The van der Waals surface area contributed by atoms with Crippen molar-refractivity contribution in [2.45, 2.75) is 52.7 Å². The normalized spacial score (nSPS) is 14.4. The van der Waals surface area contributed by atoms with Gasteiger partial charge in [0.1, 0.15) is 5.82 Å². The van der Waals surface area contributed by atoms with Gasteiger partial charge in [0, 0.05) is 17.7 Å². The number of hydrogen-bond donors (Lipinski definition) is 1. The van der Waals surface area contributed by atoms with Crippen LogP contribution in [0, 0.1) is 11.7 Å². The second-order valence-electron chi connectivity index (χ2n) is 5.66. The number of hydrogen-bond acceptors (Lipinski definition) is 2. The van der Waals surface area contributed by atoms with Crippen LogP contribution in [0.25, 0.3) is 0 Å². The number of benzene rings is 1. The second-order valence-corrected chi connectivity index (χ2v) is 6.07. The molecule has 1 rings (SSSR count). The Morgan fingerprint density at radius 1 is 1.29 bits per heavy atom. The lowest BCUT2D eigenvalue weighted by molar-refractivity contribution is 0.00361. The van der Waals surface area contributed by atoms with Gasteiger partial charge < -0.3 is 10.1 Å². The van der Waals surface area contributed by atoms with E-state index in [2.05, 4.69) is 26.1 Å². The lowest BCUT2D eigenvalue weighted by Gasteiger charge is -2.31. The maximum Gasteiger partial charge on any atom is 0.123 e. The summed E-state index contributed by atoms with van der Waals surface area (Å²) < 4.78 is 19.4. The molecule has 0 fully saturated rings. The van der Waals surface area contributed by atoms with E-state index >= 15 is 0 Å². The van der Waals surface area contributed by atoms with Crippen molar-refractivity contribution in [1.82, 2.24) is 5.32 Å². The molecular formula is C17H27ClFNO. The molecule has 0 aliphatic rings. The van der Waals surface area contributed by atoms with E-state index < -0.39 is 0 Å². The summed E-state index contributed by atoms with van der Waals surface area (Å²) in [5, 5.41) is 4.13. The molecular weight excluding hydrogens is 289 g/mol. The average Bonchev–Trinajstić information content (AvgIpc) is 2.44. The number of nitrogens with one attached hydrogen (secondary N) is 1. The van der Waals surface area contributed by atoms with Crippen molar-refractivity contribution in [2.24, 2.45) is 5.92 Å².